The Morgan fingerprint density at radius 3 is 2.50 bits per heavy atom. The first kappa shape index (κ1) is 10.4. The van der Waals surface area contributed by atoms with E-state index in [2.05, 4.69) is 5.32 Å². The smallest absolute Gasteiger partial charge is 0.207 e. The summed E-state index contributed by atoms with van der Waals surface area (Å²) in [7, 11) is 1.61. The van der Waals surface area contributed by atoms with Crippen molar-refractivity contribution in [1.82, 2.24) is 5.32 Å². The molecule has 14 heavy (non-hydrogen) atoms. The Balaban J connectivity index is 2.32. The molecule has 4 heteroatoms. The number of hydrogen-bond acceptors (Lipinski definition) is 3. The van der Waals surface area contributed by atoms with Crippen molar-refractivity contribution in [2.24, 2.45) is 0 Å². The largest absolute Gasteiger partial charge is 0.497 e. The summed E-state index contributed by atoms with van der Waals surface area (Å²) in [6.07, 6.45) is 0.650. The maximum absolute atomic E-state index is 9.92. The first-order chi connectivity index (χ1) is 6.86. The lowest BCUT2D eigenvalue weighted by Gasteiger charge is -2.06. The number of ether oxygens (including phenoxy) is 2. The molecule has 1 amide bonds. The van der Waals surface area contributed by atoms with E-state index in [1.165, 1.54) is 0 Å². The van der Waals surface area contributed by atoms with Crippen LogP contribution in [0.25, 0.3) is 0 Å². The van der Waals surface area contributed by atoms with Crippen molar-refractivity contribution in [3.8, 4) is 11.5 Å². The van der Waals surface area contributed by atoms with E-state index in [0.717, 1.165) is 11.5 Å². The van der Waals surface area contributed by atoms with Gasteiger partial charge in [-0.25, -0.2) is 0 Å². The number of carbonyl (C=O) groups is 1. The fraction of sp³-hybridized carbons (Fsp3) is 0.300. The highest BCUT2D eigenvalue weighted by Crippen LogP contribution is 2.16. The number of rotatable bonds is 6. The van der Waals surface area contributed by atoms with Gasteiger partial charge in [-0.15, -0.1) is 0 Å². The average Bonchev–Trinajstić information content (AvgIpc) is 2.25. The molecule has 0 aliphatic carbocycles. The first-order valence-corrected chi connectivity index (χ1v) is 4.30. The third kappa shape index (κ3) is 3.35. The monoisotopic (exact) mass is 195 g/mol. The van der Waals surface area contributed by atoms with Gasteiger partial charge in [-0.1, -0.05) is 0 Å². The highest BCUT2D eigenvalue weighted by Gasteiger charge is 1.93. The molecule has 0 aliphatic rings. The van der Waals surface area contributed by atoms with E-state index in [9.17, 15) is 4.79 Å². The molecule has 76 valence electrons. The molecule has 0 fully saturated rings. The van der Waals surface area contributed by atoms with Crippen molar-refractivity contribution in [2.45, 2.75) is 0 Å². The molecule has 0 saturated heterocycles. The molecule has 1 rings (SSSR count). The van der Waals surface area contributed by atoms with Gasteiger partial charge in [0.05, 0.1) is 13.7 Å². The quantitative estimate of drug-likeness (QED) is 0.540. The molecule has 0 heterocycles. The lowest BCUT2D eigenvalue weighted by Crippen LogP contribution is -2.18. The van der Waals surface area contributed by atoms with Gasteiger partial charge in [0.25, 0.3) is 0 Å². The predicted octanol–water partition coefficient (Wildman–Crippen LogP) is 0.820. The zero-order valence-corrected chi connectivity index (χ0v) is 8.03. The summed E-state index contributed by atoms with van der Waals surface area (Å²) in [6, 6.07) is 7.28. The molecule has 0 atom stereocenters. The Morgan fingerprint density at radius 1 is 1.29 bits per heavy atom. The molecule has 0 unspecified atom stereocenters. The zero-order valence-electron chi connectivity index (χ0n) is 8.03. The summed E-state index contributed by atoms with van der Waals surface area (Å²) in [5, 5.41) is 2.51. The van der Waals surface area contributed by atoms with Crippen molar-refractivity contribution in [3.05, 3.63) is 24.3 Å². The van der Waals surface area contributed by atoms with E-state index >= 15 is 0 Å². The van der Waals surface area contributed by atoms with E-state index < -0.39 is 0 Å². The van der Waals surface area contributed by atoms with Crippen LogP contribution in [0.15, 0.2) is 24.3 Å². The van der Waals surface area contributed by atoms with Crippen LogP contribution in [-0.2, 0) is 4.79 Å². The second-order valence-corrected chi connectivity index (χ2v) is 2.60. The molecule has 1 aromatic rings. The standard InChI is InChI=1S/C10H13NO3/c1-13-9-2-4-10(5-3-9)14-7-6-11-8-12/h2-5,8H,6-7H2,1H3,(H,11,12). The van der Waals surface area contributed by atoms with Crippen molar-refractivity contribution in [2.75, 3.05) is 20.3 Å². The van der Waals surface area contributed by atoms with Crippen LogP contribution in [0, 0.1) is 0 Å². The third-order valence-electron chi connectivity index (χ3n) is 1.66. The van der Waals surface area contributed by atoms with Crippen LogP contribution in [0.3, 0.4) is 0 Å². The Bertz CT molecular complexity index is 271. The van der Waals surface area contributed by atoms with E-state index in [1.54, 1.807) is 7.11 Å². The zero-order chi connectivity index (χ0) is 10.2. The molecule has 4 nitrogen and oxygen atoms in total. The van der Waals surface area contributed by atoms with E-state index in [1.807, 2.05) is 24.3 Å². The number of benzene rings is 1. The summed E-state index contributed by atoms with van der Waals surface area (Å²) in [6.45, 7) is 0.973. The maximum Gasteiger partial charge on any atom is 0.207 e. The van der Waals surface area contributed by atoms with Gasteiger partial charge in [0.15, 0.2) is 0 Å². The van der Waals surface area contributed by atoms with Crippen molar-refractivity contribution in [1.29, 1.82) is 0 Å². The van der Waals surface area contributed by atoms with Gasteiger partial charge >= 0.3 is 0 Å². The summed E-state index contributed by atoms with van der Waals surface area (Å²) in [5.41, 5.74) is 0. The van der Waals surface area contributed by atoms with Crippen LogP contribution in [0.2, 0.25) is 0 Å². The second-order valence-electron chi connectivity index (χ2n) is 2.60. The molecule has 1 aromatic carbocycles. The molecule has 1 N–H and O–H groups in total. The van der Waals surface area contributed by atoms with Gasteiger partial charge in [-0.2, -0.15) is 0 Å². The summed E-state index contributed by atoms with van der Waals surface area (Å²) < 4.78 is 10.3. The molecular formula is C10H13NO3. The minimum Gasteiger partial charge on any atom is -0.497 e. The minimum atomic E-state index is 0.463. The Labute approximate surface area is 82.8 Å². The van der Waals surface area contributed by atoms with Crippen LogP contribution in [0.4, 0.5) is 0 Å². The van der Waals surface area contributed by atoms with E-state index in [4.69, 9.17) is 9.47 Å². The van der Waals surface area contributed by atoms with Gasteiger partial charge in [0.1, 0.15) is 18.1 Å². The highest BCUT2D eigenvalue weighted by atomic mass is 16.5. The fourth-order valence-electron chi connectivity index (χ4n) is 0.959. The van der Waals surface area contributed by atoms with Crippen LogP contribution < -0.4 is 14.8 Å². The molecule has 0 bridgehead atoms. The summed E-state index contributed by atoms with van der Waals surface area (Å²) in [4.78, 5) is 9.92. The Hall–Kier alpha value is -1.71. The van der Waals surface area contributed by atoms with Gasteiger partial charge in [0.2, 0.25) is 6.41 Å². The molecule has 0 spiro atoms. The number of hydrogen-bond donors (Lipinski definition) is 1. The van der Waals surface area contributed by atoms with Crippen molar-refractivity contribution < 1.29 is 14.3 Å². The highest BCUT2D eigenvalue weighted by molar-refractivity contribution is 5.45. The van der Waals surface area contributed by atoms with Gasteiger partial charge in [-0.05, 0) is 24.3 Å². The summed E-state index contributed by atoms with van der Waals surface area (Å²) >= 11 is 0. The normalized spacial score (nSPS) is 9.21. The lowest BCUT2D eigenvalue weighted by molar-refractivity contribution is -0.109. The molecule has 0 aliphatic heterocycles. The van der Waals surface area contributed by atoms with Gasteiger partial charge in [0, 0.05) is 0 Å². The molecule has 0 radical (unpaired) electrons. The molecule has 0 aromatic heterocycles. The van der Waals surface area contributed by atoms with Gasteiger partial charge in [-0.3, -0.25) is 4.79 Å². The third-order valence-corrected chi connectivity index (χ3v) is 1.66. The lowest BCUT2D eigenvalue weighted by atomic mass is 10.3. The minimum absolute atomic E-state index is 0.463. The predicted molar refractivity (Wildman–Crippen MR) is 52.6 cm³/mol. The Kier molecular flexibility index (Phi) is 4.34. The topological polar surface area (TPSA) is 47.6 Å². The second kappa shape index (κ2) is 5.85. The number of amides is 1. The van der Waals surface area contributed by atoms with Crippen molar-refractivity contribution >= 4 is 6.41 Å². The van der Waals surface area contributed by atoms with Crippen LogP contribution in [0.5, 0.6) is 11.5 Å². The molecule has 0 saturated carbocycles. The van der Waals surface area contributed by atoms with E-state index in [-0.39, 0.29) is 0 Å². The van der Waals surface area contributed by atoms with Crippen LogP contribution >= 0.6 is 0 Å². The number of nitrogens with one attached hydrogen (secondary N) is 1. The van der Waals surface area contributed by atoms with Crippen LogP contribution in [-0.4, -0.2) is 26.7 Å². The fourth-order valence-corrected chi connectivity index (χ4v) is 0.959. The first-order valence-electron chi connectivity index (χ1n) is 4.30. The SMILES string of the molecule is COc1ccc(OCCNC=O)cc1. The van der Waals surface area contributed by atoms with Crippen molar-refractivity contribution in [3.63, 3.8) is 0 Å². The van der Waals surface area contributed by atoms with Crippen LogP contribution in [0.1, 0.15) is 0 Å². The number of carbonyl (C=O) groups excluding carboxylic acids is 1. The Morgan fingerprint density at radius 2 is 1.93 bits per heavy atom. The van der Waals surface area contributed by atoms with Gasteiger partial charge < -0.3 is 14.8 Å². The van der Waals surface area contributed by atoms with E-state index in [0.29, 0.717) is 19.6 Å². The molecular weight excluding hydrogens is 182 g/mol. The maximum atomic E-state index is 9.92. The average molecular weight is 195 g/mol. The summed E-state index contributed by atoms with van der Waals surface area (Å²) in [5.74, 6) is 1.56. The number of methoxy groups -OCH3 is 1.